The molecule has 0 saturated heterocycles. The fourth-order valence-electron chi connectivity index (χ4n) is 3.07. The molecule has 5 nitrogen and oxygen atoms in total. The Morgan fingerprint density at radius 2 is 1.77 bits per heavy atom. The summed E-state index contributed by atoms with van der Waals surface area (Å²) in [4.78, 5) is 17.5. The van der Waals surface area contributed by atoms with Crippen LogP contribution in [0.3, 0.4) is 0 Å². The van der Waals surface area contributed by atoms with Crippen LogP contribution < -0.4 is 10.3 Å². The molecule has 2 aromatic heterocycles. The van der Waals surface area contributed by atoms with Crippen LogP contribution >= 0.6 is 0 Å². The molecule has 2 heterocycles. The highest BCUT2D eigenvalue weighted by Gasteiger charge is 2.12. The molecule has 0 unspecified atom stereocenters. The third-order valence-corrected chi connectivity index (χ3v) is 4.54. The Bertz CT molecular complexity index is 1150. The highest BCUT2D eigenvalue weighted by Crippen LogP contribution is 2.23. The minimum absolute atomic E-state index is 0.158. The summed E-state index contributed by atoms with van der Waals surface area (Å²) in [5.74, 6) is 0.751. The average molecular weight is 345 g/mol. The first-order valence-electron chi connectivity index (χ1n) is 8.39. The summed E-state index contributed by atoms with van der Waals surface area (Å²) in [7, 11) is 1.62. The minimum Gasteiger partial charge on any atom is -0.497 e. The Morgan fingerprint density at radius 1 is 1.00 bits per heavy atom. The molecule has 0 bridgehead atoms. The Morgan fingerprint density at radius 3 is 2.50 bits per heavy atom. The third kappa shape index (κ3) is 2.67. The molecule has 2 aromatic carbocycles. The van der Waals surface area contributed by atoms with Gasteiger partial charge in [-0.05, 0) is 49.7 Å². The molecule has 0 aliphatic rings. The predicted molar refractivity (Wildman–Crippen MR) is 102 cm³/mol. The van der Waals surface area contributed by atoms with Crippen LogP contribution in [0.4, 0.5) is 0 Å². The van der Waals surface area contributed by atoms with Crippen LogP contribution in [0.1, 0.15) is 11.1 Å². The molecular weight excluding hydrogens is 326 g/mol. The van der Waals surface area contributed by atoms with E-state index < -0.39 is 0 Å². The number of hydrogen-bond acceptors (Lipinski definition) is 3. The zero-order valence-electron chi connectivity index (χ0n) is 14.9. The number of hydrogen-bond donors (Lipinski definition) is 0. The summed E-state index contributed by atoms with van der Waals surface area (Å²) in [6.45, 7) is 4.10. The molecule has 0 aliphatic heterocycles. The Balaban J connectivity index is 1.85. The molecule has 0 fully saturated rings. The molecular formula is C21H19N3O2. The Hall–Kier alpha value is -3.34. The number of benzene rings is 2. The molecule has 0 radical (unpaired) electrons. The van der Waals surface area contributed by atoms with Crippen molar-refractivity contribution < 1.29 is 4.74 Å². The van der Waals surface area contributed by atoms with Crippen LogP contribution in [0.5, 0.6) is 5.75 Å². The fourth-order valence-corrected chi connectivity index (χ4v) is 3.07. The summed E-state index contributed by atoms with van der Waals surface area (Å²) in [5.41, 5.74) is 5.16. The first-order chi connectivity index (χ1) is 12.6. The van der Waals surface area contributed by atoms with E-state index in [2.05, 4.69) is 37.0 Å². The third-order valence-electron chi connectivity index (χ3n) is 4.54. The van der Waals surface area contributed by atoms with Gasteiger partial charge >= 0.3 is 0 Å². The summed E-state index contributed by atoms with van der Waals surface area (Å²) in [5, 5.41) is 0. The number of ether oxygens (including phenoxy) is 1. The molecule has 0 saturated carbocycles. The van der Waals surface area contributed by atoms with Crippen LogP contribution in [0.25, 0.3) is 22.6 Å². The topological polar surface area (TPSA) is 48.5 Å². The van der Waals surface area contributed by atoms with E-state index in [1.54, 1.807) is 22.3 Å². The number of aryl methyl sites for hydroxylation is 2. The monoisotopic (exact) mass is 345 g/mol. The zero-order valence-corrected chi connectivity index (χ0v) is 14.9. The smallest absolute Gasteiger partial charge is 0.298 e. The first-order valence-corrected chi connectivity index (χ1v) is 8.39. The van der Waals surface area contributed by atoms with Crippen LogP contribution in [-0.2, 0) is 0 Å². The van der Waals surface area contributed by atoms with Crippen LogP contribution in [0, 0.1) is 13.8 Å². The maximum Gasteiger partial charge on any atom is 0.298 e. The lowest BCUT2D eigenvalue weighted by Crippen LogP contribution is -2.19. The molecule has 0 atom stereocenters. The first kappa shape index (κ1) is 16.1. The van der Waals surface area contributed by atoms with E-state index in [0.29, 0.717) is 5.65 Å². The van der Waals surface area contributed by atoms with Crippen molar-refractivity contribution in [1.29, 1.82) is 0 Å². The summed E-state index contributed by atoms with van der Waals surface area (Å²) < 4.78 is 8.54. The van der Waals surface area contributed by atoms with Crippen molar-refractivity contribution in [2.75, 3.05) is 7.11 Å². The quantitative estimate of drug-likeness (QED) is 0.568. The van der Waals surface area contributed by atoms with Gasteiger partial charge in [0.2, 0.25) is 5.65 Å². The molecule has 0 N–H and O–H groups in total. The Labute approximate surface area is 151 Å². The highest BCUT2D eigenvalue weighted by atomic mass is 16.5. The van der Waals surface area contributed by atoms with Gasteiger partial charge in [-0.3, -0.25) is 9.36 Å². The summed E-state index contributed by atoms with van der Waals surface area (Å²) in [6, 6.07) is 13.6. The van der Waals surface area contributed by atoms with Crippen molar-refractivity contribution in [3.05, 3.63) is 82.5 Å². The van der Waals surface area contributed by atoms with Gasteiger partial charge in [-0.15, -0.1) is 0 Å². The van der Waals surface area contributed by atoms with Gasteiger partial charge in [0.05, 0.1) is 12.8 Å². The van der Waals surface area contributed by atoms with E-state index in [-0.39, 0.29) is 5.56 Å². The number of imidazole rings is 1. The lowest BCUT2D eigenvalue weighted by atomic mass is 10.0. The second kappa shape index (κ2) is 6.19. The summed E-state index contributed by atoms with van der Waals surface area (Å²) in [6.07, 6.45) is 5.51. The lowest BCUT2D eigenvalue weighted by Gasteiger charge is -2.06. The van der Waals surface area contributed by atoms with Crippen molar-refractivity contribution in [3.63, 3.8) is 0 Å². The lowest BCUT2D eigenvalue weighted by molar-refractivity contribution is 0.414. The number of nitrogens with zero attached hydrogens (tertiary/aromatic N) is 3. The van der Waals surface area contributed by atoms with E-state index in [0.717, 1.165) is 28.3 Å². The van der Waals surface area contributed by atoms with Crippen LogP contribution in [0.2, 0.25) is 0 Å². The van der Waals surface area contributed by atoms with Crippen molar-refractivity contribution in [2.45, 2.75) is 13.8 Å². The molecule has 5 heteroatoms. The highest BCUT2D eigenvalue weighted by molar-refractivity contribution is 5.66. The van der Waals surface area contributed by atoms with Crippen LogP contribution in [0.15, 0.2) is 65.8 Å². The van der Waals surface area contributed by atoms with E-state index in [1.165, 1.54) is 5.56 Å². The number of rotatable bonds is 3. The van der Waals surface area contributed by atoms with Crippen molar-refractivity contribution in [2.24, 2.45) is 0 Å². The zero-order chi connectivity index (χ0) is 18.3. The maximum atomic E-state index is 12.9. The van der Waals surface area contributed by atoms with Gasteiger partial charge in [-0.25, -0.2) is 4.98 Å². The van der Waals surface area contributed by atoms with Gasteiger partial charge in [-0.2, -0.15) is 0 Å². The second-order valence-electron chi connectivity index (χ2n) is 6.35. The van der Waals surface area contributed by atoms with Gasteiger partial charge in [-0.1, -0.05) is 17.7 Å². The van der Waals surface area contributed by atoms with E-state index in [4.69, 9.17) is 4.74 Å². The average Bonchev–Trinajstić information content (AvgIpc) is 3.09. The SMILES string of the molecule is COc1ccc(-n2ccn3cc(-c4cc(C)ccc4C)nc3c2=O)cc1. The van der Waals surface area contributed by atoms with Crippen molar-refractivity contribution in [1.82, 2.24) is 14.0 Å². The standard InChI is InChI=1S/C21H19N3O2/c1-14-4-5-15(2)18(12-14)19-13-23-10-11-24(21(25)20(23)22-19)16-6-8-17(26-3)9-7-16/h4-13H,1-3H3. The van der Waals surface area contributed by atoms with Gasteiger partial charge in [0.25, 0.3) is 5.56 Å². The predicted octanol–water partition coefficient (Wildman–Crippen LogP) is 3.78. The summed E-state index contributed by atoms with van der Waals surface area (Å²) >= 11 is 0. The number of aromatic nitrogens is 3. The van der Waals surface area contributed by atoms with Crippen molar-refractivity contribution in [3.8, 4) is 22.7 Å². The number of methoxy groups -OCH3 is 1. The Kier molecular flexibility index (Phi) is 3.84. The normalized spacial score (nSPS) is 11.0. The number of fused-ring (bicyclic) bond motifs is 1. The molecule has 0 aliphatic carbocycles. The van der Waals surface area contributed by atoms with E-state index in [1.807, 2.05) is 36.7 Å². The van der Waals surface area contributed by atoms with Crippen LogP contribution in [-0.4, -0.2) is 21.1 Å². The molecule has 4 aromatic rings. The van der Waals surface area contributed by atoms with Gasteiger partial charge < -0.3 is 9.14 Å². The molecule has 26 heavy (non-hydrogen) atoms. The second-order valence-corrected chi connectivity index (χ2v) is 6.35. The maximum absolute atomic E-state index is 12.9. The van der Waals surface area contributed by atoms with E-state index >= 15 is 0 Å². The minimum atomic E-state index is -0.158. The largest absolute Gasteiger partial charge is 0.497 e. The van der Waals surface area contributed by atoms with Gasteiger partial charge in [0.1, 0.15) is 5.75 Å². The van der Waals surface area contributed by atoms with E-state index in [9.17, 15) is 4.79 Å². The van der Waals surface area contributed by atoms with Gasteiger partial charge in [0, 0.05) is 29.8 Å². The molecule has 4 rings (SSSR count). The van der Waals surface area contributed by atoms with Crippen molar-refractivity contribution >= 4 is 5.65 Å². The molecule has 0 spiro atoms. The molecule has 130 valence electrons. The fraction of sp³-hybridized carbons (Fsp3) is 0.143. The van der Waals surface area contributed by atoms with Gasteiger partial charge in [0.15, 0.2) is 0 Å². The molecule has 0 amide bonds.